The van der Waals surface area contributed by atoms with E-state index < -0.39 is 0 Å². The normalized spacial score (nSPS) is 22.4. The van der Waals surface area contributed by atoms with E-state index in [4.69, 9.17) is 4.52 Å². The van der Waals surface area contributed by atoms with Gasteiger partial charge >= 0.3 is 0 Å². The van der Waals surface area contributed by atoms with E-state index in [-0.39, 0.29) is 17.9 Å². The van der Waals surface area contributed by atoms with Gasteiger partial charge in [0.25, 0.3) is 5.91 Å². The average molecular weight is 378 g/mol. The molecule has 1 aliphatic carbocycles. The molecule has 0 bridgehead atoms. The van der Waals surface area contributed by atoms with Gasteiger partial charge in [-0.2, -0.15) is 20.0 Å². The molecule has 2 aromatic heterocycles. The second-order valence-electron chi connectivity index (χ2n) is 7.68. The van der Waals surface area contributed by atoms with E-state index in [2.05, 4.69) is 27.3 Å². The van der Waals surface area contributed by atoms with Crippen molar-refractivity contribution in [1.82, 2.24) is 30.0 Å². The van der Waals surface area contributed by atoms with Crippen LogP contribution >= 0.6 is 0 Å². The number of rotatable bonds is 4. The zero-order valence-electron chi connectivity index (χ0n) is 15.7. The monoisotopic (exact) mass is 378 g/mol. The smallest absolute Gasteiger partial charge is 0.256 e. The predicted octanol–water partition coefficient (Wildman–Crippen LogP) is 2.94. The number of nitrogens with zero attached hydrogens (tertiary/aromatic N) is 6. The quantitative estimate of drug-likeness (QED) is 0.693. The first-order chi connectivity index (χ1) is 13.7. The molecule has 1 amide bonds. The summed E-state index contributed by atoms with van der Waals surface area (Å²) in [6.45, 7) is 2.68. The predicted molar refractivity (Wildman–Crippen MR) is 100 cm³/mol. The molecule has 0 spiro atoms. The Kier molecular flexibility index (Phi) is 4.18. The standard InChI is InChI=1S/C20H22N6O2/c1-13-6-7-15(18-23-19(28-24-18)14-8-9-14)12-25(13)20(27)16-4-2-3-5-17(16)26-21-10-11-22-26/h2-5,10-11,13-15H,6-9,12H2,1H3/t13-,15-/m1/s1. The molecule has 144 valence electrons. The molecule has 1 saturated heterocycles. The largest absolute Gasteiger partial charge is 0.339 e. The molecular weight excluding hydrogens is 356 g/mol. The maximum Gasteiger partial charge on any atom is 0.256 e. The van der Waals surface area contributed by atoms with Crippen LogP contribution in [0.1, 0.15) is 66.5 Å². The van der Waals surface area contributed by atoms with Crippen molar-refractivity contribution in [3.05, 3.63) is 53.9 Å². The molecule has 1 aromatic carbocycles. The molecule has 8 nitrogen and oxygen atoms in total. The van der Waals surface area contributed by atoms with Crippen LogP contribution in [0.25, 0.3) is 5.69 Å². The summed E-state index contributed by atoms with van der Waals surface area (Å²) in [4.78, 5) is 21.4. The van der Waals surface area contributed by atoms with Crippen molar-refractivity contribution in [1.29, 1.82) is 0 Å². The Labute approximate surface area is 162 Å². The summed E-state index contributed by atoms with van der Waals surface area (Å²) in [5.41, 5.74) is 1.28. The van der Waals surface area contributed by atoms with Gasteiger partial charge in [0.15, 0.2) is 5.82 Å². The lowest BCUT2D eigenvalue weighted by Gasteiger charge is -2.37. The van der Waals surface area contributed by atoms with Gasteiger partial charge in [-0.15, -0.1) is 0 Å². The highest BCUT2D eigenvalue weighted by molar-refractivity contribution is 5.98. The maximum atomic E-state index is 13.4. The van der Waals surface area contributed by atoms with Crippen LogP contribution < -0.4 is 0 Å². The summed E-state index contributed by atoms with van der Waals surface area (Å²) in [5, 5.41) is 12.6. The van der Waals surface area contributed by atoms with Crippen molar-refractivity contribution in [2.45, 2.75) is 50.5 Å². The topological polar surface area (TPSA) is 89.9 Å². The molecule has 3 heterocycles. The van der Waals surface area contributed by atoms with Crippen molar-refractivity contribution in [2.24, 2.45) is 0 Å². The van der Waals surface area contributed by atoms with Crippen LogP contribution in [-0.4, -0.2) is 48.5 Å². The third-order valence-corrected chi connectivity index (χ3v) is 5.66. The van der Waals surface area contributed by atoms with Gasteiger partial charge in [-0.25, -0.2) is 0 Å². The molecule has 3 aromatic rings. The van der Waals surface area contributed by atoms with Gasteiger partial charge < -0.3 is 9.42 Å². The van der Waals surface area contributed by atoms with Gasteiger partial charge in [0.05, 0.1) is 23.6 Å². The molecule has 2 atom stereocenters. The fraction of sp³-hybridized carbons (Fsp3) is 0.450. The number of likely N-dealkylation sites (tertiary alicyclic amines) is 1. The Morgan fingerprint density at radius 1 is 1.07 bits per heavy atom. The molecule has 2 aliphatic rings. The number of amides is 1. The molecule has 0 N–H and O–H groups in total. The molecule has 1 aliphatic heterocycles. The molecular formula is C20H22N6O2. The minimum atomic E-state index is -0.0176. The Balaban J connectivity index is 1.41. The van der Waals surface area contributed by atoms with Crippen molar-refractivity contribution in [3.8, 4) is 5.69 Å². The number of carbonyl (C=O) groups excluding carboxylic acids is 1. The highest BCUT2D eigenvalue weighted by Crippen LogP contribution is 2.40. The van der Waals surface area contributed by atoms with E-state index in [1.165, 1.54) is 4.80 Å². The van der Waals surface area contributed by atoms with Crippen LogP contribution in [0.5, 0.6) is 0 Å². The van der Waals surface area contributed by atoms with Crippen LogP contribution in [0.3, 0.4) is 0 Å². The first kappa shape index (κ1) is 17.1. The van der Waals surface area contributed by atoms with E-state index in [1.54, 1.807) is 12.4 Å². The molecule has 8 heteroatoms. The molecule has 0 radical (unpaired) electrons. The van der Waals surface area contributed by atoms with E-state index in [0.717, 1.165) is 37.4 Å². The zero-order chi connectivity index (χ0) is 19.1. The van der Waals surface area contributed by atoms with Crippen LogP contribution in [0.15, 0.2) is 41.2 Å². The lowest BCUT2D eigenvalue weighted by atomic mass is 9.92. The van der Waals surface area contributed by atoms with Crippen LogP contribution in [0.2, 0.25) is 0 Å². The molecule has 5 rings (SSSR count). The molecule has 0 unspecified atom stereocenters. The summed E-state index contributed by atoms with van der Waals surface area (Å²) in [6, 6.07) is 7.60. The summed E-state index contributed by atoms with van der Waals surface area (Å²) in [5.74, 6) is 2.01. The third kappa shape index (κ3) is 3.08. The van der Waals surface area contributed by atoms with Gasteiger partial charge in [0.2, 0.25) is 5.89 Å². The van der Waals surface area contributed by atoms with E-state index in [0.29, 0.717) is 23.7 Å². The Bertz CT molecular complexity index is 978. The summed E-state index contributed by atoms with van der Waals surface area (Å²) in [6.07, 6.45) is 7.34. The Hall–Kier alpha value is -3.03. The fourth-order valence-corrected chi connectivity index (χ4v) is 3.83. The lowest BCUT2D eigenvalue weighted by Crippen LogP contribution is -2.45. The van der Waals surface area contributed by atoms with E-state index >= 15 is 0 Å². The highest BCUT2D eigenvalue weighted by atomic mass is 16.5. The van der Waals surface area contributed by atoms with Crippen molar-refractivity contribution >= 4 is 5.91 Å². The maximum absolute atomic E-state index is 13.4. The molecule has 2 fully saturated rings. The number of hydrogen-bond acceptors (Lipinski definition) is 6. The van der Waals surface area contributed by atoms with Crippen LogP contribution in [0, 0.1) is 0 Å². The van der Waals surface area contributed by atoms with Gasteiger partial charge in [0, 0.05) is 24.4 Å². The minimum absolute atomic E-state index is 0.0176. The second kappa shape index (κ2) is 6.85. The van der Waals surface area contributed by atoms with Crippen molar-refractivity contribution in [2.75, 3.05) is 6.54 Å². The van der Waals surface area contributed by atoms with Crippen LogP contribution in [0.4, 0.5) is 0 Å². The molecule has 28 heavy (non-hydrogen) atoms. The summed E-state index contributed by atoms with van der Waals surface area (Å²) >= 11 is 0. The number of carbonyl (C=O) groups is 1. The second-order valence-corrected chi connectivity index (χ2v) is 7.68. The van der Waals surface area contributed by atoms with Gasteiger partial charge in [-0.3, -0.25) is 4.79 Å². The first-order valence-electron chi connectivity index (χ1n) is 9.81. The highest BCUT2D eigenvalue weighted by Gasteiger charge is 2.35. The number of aromatic nitrogens is 5. The number of benzene rings is 1. The summed E-state index contributed by atoms with van der Waals surface area (Å²) in [7, 11) is 0. The first-order valence-corrected chi connectivity index (χ1v) is 9.81. The van der Waals surface area contributed by atoms with Gasteiger partial charge in [-0.1, -0.05) is 17.3 Å². The number of para-hydroxylation sites is 1. The fourth-order valence-electron chi connectivity index (χ4n) is 3.83. The Morgan fingerprint density at radius 3 is 2.61 bits per heavy atom. The van der Waals surface area contributed by atoms with Crippen molar-refractivity contribution in [3.63, 3.8) is 0 Å². The number of hydrogen-bond donors (Lipinski definition) is 0. The van der Waals surface area contributed by atoms with Gasteiger partial charge in [0.1, 0.15) is 0 Å². The average Bonchev–Trinajstić information content (AvgIpc) is 3.21. The molecule has 1 saturated carbocycles. The summed E-state index contributed by atoms with van der Waals surface area (Å²) < 4.78 is 5.43. The minimum Gasteiger partial charge on any atom is -0.339 e. The zero-order valence-corrected chi connectivity index (χ0v) is 15.7. The third-order valence-electron chi connectivity index (χ3n) is 5.66. The SMILES string of the molecule is C[C@@H]1CC[C@@H](c2noc(C3CC3)n2)CN1C(=O)c1ccccc1-n1nccn1. The van der Waals surface area contributed by atoms with E-state index in [1.807, 2.05) is 29.2 Å². The van der Waals surface area contributed by atoms with E-state index in [9.17, 15) is 4.79 Å². The number of piperidine rings is 1. The lowest BCUT2D eigenvalue weighted by molar-refractivity contribution is 0.0604. The Morgan fingerprint density at radius 2 is 1.82 bits per heavy atom. The van der Waals surface area contributed by atoms with Crippen LogP contribution in [-0.2, 0) is 0 Å². The van der Waals surface area contributed by atoms with Gasteiger partial charge in [-0.05, 0) is 44.7 Å². The van der Waals surface area contributed by atoms with Crippen molar-refractivity contribution < 1.29 is 9.32 Å².